The molecule has 122 valence electrons. The van der Waals surface area contributed by atoms with E-state index in [9.17, 15) is 4.79 Å². The number of fused-ring (bicyclic) bond motifs is 1. The number of carboxylic acids is 1. The fourth-order valence-corrected chi connectivity index (χ4v) is 3.05. The third-order valence-electron chi connectivity index (χ3n) is 4.53. The maximum Gasteiger partial charge on any atom is 0.335 e. The Bertz CT molecular complexity index is 926. The van der Waals surface area contributed by atoms with Crippen LogP contribution in [0.4, 0.5) is 5.69 Å². The van der Waals surface area contributed by atoms with E-state index in [0.29, 0.717) is 18.0 Å². The predicted molar refractivity (Wildman–Crippen MR) is 93.4 cm³/mol. The zero-order valence-corrected chi connectivity index (χ0v) is 13.5. The van der Waals surface area contributed by atoms with Crippen molar-refractivity contribution in [3.63, 3.8) is 0 Å². The summed E-state index contributed by atoms with van der Waals surface area (Å²) < 4.78 is 2.19. The second-order valence-electron chi connectivity index (χ2n) is 6.37. The molecule has 5 heteroatoms. The van der Waals surface area contributed by atoms with Gasteiger partial charge in [0.2, 0.25) is 0 Å². The van der Waals surface area contributed by atoms with Gasteiger partial charge in [-0.2, -0.15) is 0 Å². The number of aryl methyl sites for hydroxylation is 1. The molecule has 0 amide bonds. The molecule has 1 aliphatic rings. The van der Waals surface area contributed by atoms with Crippen LogP contribution < -0.4 is 5.32 Å². The van der Waals surface area contributed by atoms with Crippen LogP contribution in [0.5, 0.6) is 0 Å². The van der Waals surface area contributed by atoms with Crippen molar-refractivity contribution in [2.75, 3.05) is 5.32 Å². The fraction of sp³-hybridized carbons (Fsp3) is 0.263. The Morgan fingerprint density at radius 3 is 2.88 bits per heavy atom. The van der Waals surface area contributed by atoms with E-state index in [1.807, 2.05) is 12.1 Å². The van der Waals surface area contributed by atoms with Crippen molar-refractivity contribution in [3.8, 4) is 0 Å². The standard InChI is InChI=1S/C19H19N3O2/c1-22-17-8-7-15(10-16(17)21-18(22)13-5-6-13)20-11-12-3-2-4-14(9-12)19(23)24/h2-4,7-10,13,20H,5-6,11H2,1H3,(H,23,24). The first kappa shape index (κ1) is 14.8. The number of benzene rings is 2. The highest BCUT2D eigenvalue weighted by Gasteiger charge is 2.28. The van der Waals surface area contributed by atoms with Crippen molar-refractivity contribution in [2.45, 2.75) is 25.3 Å². The molecular weight excluding hydrogens is 302 g/mol. The Morgan fingerprint density at radius 2 is 2.12 bits per heavy atom. The van der Waals surface area contributed by atoms with Crippen molar-refractivity contribution in [2.24, 2.45) is 7.05 Å². The largest absolute Gasteiger partial charge is 0.478 e. The van der Waals surface area contributed by atoms with Gasteiger partial charge in [-0.1, -0.05) is 12.1 Å². The molecule has 1 aliphatic carbocycles. The first-order valence-corrected chi connectivity index (χ1v) is 8.14. The predicted octanol–water partition coefficient (Wildman–Crippen LogP) is 3.76. The van der Waals surface area contributed by atoms with E-state index in [1.165, 1.54) is 18.7 Å². The second kappa shape index (κ2) is 5.67. The summed E-state index contributed by atoms with van der Waals surface area (Å²) in [7, 11) is 2.08. The average Bonchev–Trinajstić information content (AvgIpc) is 3.38. The maximum atomic E-state index is 11.0. The molecule has 1 aromatic heterocycles. The summed E-state index contributed by atoms with van der Waals surface area (Å²) in [6.07, 6.45) is 2.48. The minimum Gasteiger partial charge on any atom is -0.478 e. The van der Waals surface area contributed by atoms with Crippen molar-refractivity contribution < 1.29 is 9.90 Å². The summed E-state index contributed by atoms with van der Waals surface area (Å²) in [5.41, 5.74) is 4.39. The number of carboxylic acid groups (broad SMARTS) is 1. The smallest absolute Gasteiger partial charge is 0.335 e. The molecule has 0 spiro atoms. The van der Waals surface area contributed by atoms with E-state index in [2.05, 4.69) is 29.1 Å². The average molecular weight is 321 g/mol. The molecule has 0 radical (unpaired) electrons. The summed E-state index contributed by atoms with van der Waals surface area (Å²) in [6.45, 7) is 0.578. The zero-order chi connectivity index (χ0) is 16.7. The van der Waals surface area contributed by atoms with Crippen LogP contribution in [0.25, 0.3) is 11.0 Å². The van der Waals surface area contributed by atoms with E-state index in [0.717, 1.165) is 22.3 Å². The van der Waals surface area contributed by atoms with Crippen LogP contribution in [0.1, 0.15) is 40.5 Å². The molecule has 0 aliphatic heterocycles. The van der Waals surface area contributed by atoms with Gasteiger partial charge in [-0.15, -0.1) is 0 Å². The van der Waals surface area contributed by atoms with Crippen molar-refractivity contribution in [3.05, 3.63) is 59.4 Å². The van der Waals surface area contributed by atoms with Gasteiger partial charge < -0.3 is 15.0 Å². The van der Waals surface area contributed by atoms with E-state index >= 15 is 0 Å². The van der Waals surface area contributed by atoms with Crippen LogP contribution in [0.2, 0.25) is 0 Å². The molecule has 1 fully saturated rings. The van der Waals surface area contributed by atoms with Gasteiger partial charge in [0.15, 0.2) is 0 Å². The number of carbonyl (C=O) groups is 1. The first-order chi connectivity index (χ1) is 11.6. The normalized spacial score (nSPS) is 14.0. The second-order valence-corrected chi connectivity index (χ2v) is 6.37. The van der Waals surface area contributed by atoms with Crippen molar-refractivity contribution in [1.29, 1.82) is 0 Å². The molecule has 3 aromatic rings. The van der Waals surface area contributed by atoms with Gasteiger partial charge >= 0.3 is 5.97 Å². The molecule has 2 aromatic carbocycles. The van der Waals surface area contributed by atoms with Crippen LogP contribution in [0, 0.1) is 0 Å². The van der Waals surface area contributed by atoms with Crippen LogP contribution in [-0.2, 0) is 13.6 Å². The van der Waals surface area contributed by atoms with Crippen LogP contribution in [-0.4, -0.2) is 20.6 Å². The molecule has 5 nitrogen and oxygen atoms in total. The third-order valence-corrected chi connectivity index (χ3v) is 4.53. The zero-order valence-electron chi connectivity index (χ0n) is 13.5. The molecule has 1 heterocycles. The van der Waals surface area contributed by atoms with E-state index in [4.69, 9.17) is 10.1 Å². The maximum absolute atomic E-state index is 11.0. The molecule has 0 bridgehead atoms. The highest BCUT2D eigenvalue weighted by molar-refractivity contribution is 5.87. The van der Waals surface area contributed by atoms with Gasteiger partial charge in [-0.3, -0.25) is 0 Å². The number of imidazole rings is 1. The van der Waals surface area contributed by atoms with Gasteiger partial charge in [0.05, 0.1) is 16.6 Å². The summed E-state index contributed by atoms with van der Waals surface area (Å²) in [5, 5.41) is 12.4. The summed E-state index contributed by atoms with van der Waals surface area (Å²) in [4.78, 5) is 15.8. The Labute approximate surface area is 139 Å². The Kier molecular flexibility index (Phi) is 3.49. The lowest BCUT2D eigenvalue weighted by atomic mass is 10.1. The summed E-state index contributed by atoms with van der Waals surface area (Å²) >= 11 is 0. The number of hydrogen-bond acceptors (Lipinski definition) is 3. The third kappa shape index (κ3) is 2.73. The quantitative estimate of drug-likeness (QED) is 0.751. The minimum absolute atomic E-state index is 0.309. The van der Waals surface area contributed by atoms with Crippen LogP contribution >= 0.6 is 0 Å². The molecule has 1 saturated carbocycles. The van der Waals surface area contributed by atoms with Crippen LogP contribution in [0.3, 0.4) is 0 Å². The van der Waals surface area contributed by atoms with Gasteiger partial charge in [0.25, 0.3) is 0 Å². The fourth-order valence-electron chi connectivity index (χ4n) is 3.05. The molecule has 2 N–H and O–H groups in total. The van der Waals surface area contributed by atoms with Crippen LogP contribution in [0.15, 0.2) is 42.5 Å². The molecule has 4 rings (SSSR count). The topological polar surface area (TPSA) is 67.2 Å². The highest BCUT2D eigenvalue weighted by Crippen LogP contribution is 2.40. The Balaban J connectivity index is 1.54. The lowest BCUT2D eigenvalue weighted by Gasteiger charge is -2.07. The van der Waals surface area contributed by atoms with Gasteiger partial charge in [-0.05, 0) is 48.7 Å². The van der Waals surface area contributed by atoms with Gasteiger partial charge in [0.1, 0.15) is 5.82 Å². The summed E-state index contributed by atoms with van der Waals surface area (Å²) in [5.74, 6) is 0.897. The Morgan fingerprint density at radius 1 is 1.29 bits per heavy atom. The van der Waals surface area contributed by atoms with Crippen molar-refractivity contribution >= 4 is 22.7 Å². The van der Waals surface area contributed by atoms with Gasteiger partial charge in [-0.25, -0.2) is 9.78 Å². The lowest BCUT2D eigenvalue weighted by molar-refractivity contribution is 0.0697. The van der Waals surface area contributed by atoms with E-state index in [1.54, 1.807) is 18.2 Å². The monoisotopic (exact) mass is 321 g/mol. The number of rotatable bonds is 5. The minimum atomic E-state index is -0.903. The SMILES string of the molecule is Cn1c(C2CC2)nc2cc(NCc3cccc(C(=O)O)c3)ccc21. The number of aromatic nitrogens is 2. The molecule has 24 heavy (non-hydrogen) atoms. The number of anilines is 1. The highest BCUT2D eigenvalue weighted by atomic mass is 16.4. The molecular formula is C19H19N3O2. The molecule has 0 atom stereocenters. The number of aromatic carboxylic acids is 1. The number of nitrogens with one attached hydrogen (secondary N) is 1. The Hall–Kier alpha value is -2.82. The molecule has 0 saturated heterocycles. The summed E-state index contributed by atoms with van der Waals surface area (Å²) in [6, 6.07) is 13.2. The van der Waals surface area contributed by atoms with E-state index < -0.39 is 5.97 Å². The van der Waals surface area contributed by atoms with Gasteiger partial charge in [0, 0.05) is 25.2 Å². The number of nitrogens with zero attached hydrogens (tertiary/aromatic N) is 2. The molecule has 0 unspecified atom stereocenters. The first-order valence-electron chi connectivity index (χ1n) is 8.14. The van der Waals surface area contributed by atoms with E-state index in [-0.39, 0.29) is 0 Å². The van der Waals surface area contributed by atoms with Crippen molar-refractivity contribution in [1.82, 2.24) is 9.55 Å². The number of hydrogen-bond donors (Lipinski definition) is 2. The lowest BCUT2D eigenvalue weighted by Crippen LogP contribution is -2.02.